The Balaban J connectivity index is 1.63. The van der Waals surface area contributed by atoms with Crippen molar-refractivity contribution in [1.82, 2.24) is 14.8 Å². The summed E-state index contributed by atoms with van der Waals surface area (Å²) in [6.45, 7) is 3.16. The van der Waals surface area contributed by atoms with Gasteiger partial charge in [0.15, 0.2) is 0 Å². The minimum Gasteiger partial charge on any atom is -0.339 e. The van der Waals surface area contributed by atoms with E-state index in [0.717, 1.165) is 28.3 Å². The van der Waals surface area contributed by atoms with E-state index >= 15 is 0 Å². The number of hydrogen-bond acceptors (Lipinski definition) is 4. The highest BCUT2D eigenvalue weighted by molar-refractivity contribution is 7.11. The topological polar surface area (TPSA) is 53.5 Å². The maximum absolute atomic E-state index is 12.8. The van der Waals surface area contributed by atoms with E-state index in [0.29, 0.717) is 19.5 Å². The van der Waals surface area contributed by atoms with E-state index in [9.17, 15) is 9.59 Å². The first kappa shape index (κ1) is 17.6. The van der Waals surface area contributed by atoms with Gasteiger partial charge in [0.25, 0.3) is 0 Å². The molecule has 1 fully saturated rings. The normalized spacial score (nSPS) is 16.9. The Morgan fingerprint density at radius 1 is 1.32 bits per heavy atom. The molecule has 6 heteroatoms. The van der Waals surface area contributed by atoms with E-state index in [-0.39, 0.29) is 17.9 Å². The van der Waals surface area contributed by atoms with Gasteiger partial charge in [-0.25, -0.2) is 4.98 Å². The Morgan fingerprint density at radius 3 is 2.76 bits per heavy atom. The van der Waals surface area contributed by atoms with Gasteiger partial charge in [-0.05, 0) is 25.3 Å². The van der Waals surface area contributed by atoms with E-state index in [1.165, 1.54) is 0 Å². The zero-order valence-electron chi connectivity index (χ0n) is 14.6. The van der Waals surface area contributed by atoms with Crippen molar-refractivity contribution in [2.75, 3.05) is 13.6 Å². The number of nitrogens with zero attached hydrogens (tertiary/aromatic N) is 3. The third kappa shape index (κ3) is 4.25. The Hall–Kier alpha value is -2.21. The molecule has 3 rings (SSSR count). The van der Waals surface area contributed by atoms with Crippen LogP contribution in [0.3, 0.4) is 0 Å². The minimum absolute atomic E-state index is 0.0185. The molecule has 1 aliphatic heterocycles. The molecule has 25 heavy (non-hydrogen) atoms. The van der Waals surface area contributed by atoms with E-state index < -0.39 is 0 Å². The molecule has 132 valence electrons. The molecular formula is C19H23N3O2S. The second-order valence-corrected chi connectivity index (χ2v) is 7.77. The van der Waals surface area contributed by atoms with Crippen molar-refractivity contribution < 1.29 is 9.59 Å². The van der Waals surface area contributed by atoms with Gasteiger partial charge in [-0.2, -0.15) is 0 Å². The predicted octanol–water partition coefficient (Wildman–Crippen LogP) is 2.64. The lowest BCUT2D eigenvalue weighted by Gasteiger charge is -2.28. The molecule has 0 spiro atoms. The molecule has 1 aliphatic rings. The Kier molecular flexibility index (Phi) is 5.48. The third-order valence-electron chi connectivity index (χ3n) is 4.49. The van der Waals surface area contributed by atoms with Crippen molar-refractivity contribution in [3.05, 3.63) is 52.0 Å². The number of thiazole rings is 1. The number of likely N-dealkylation sites (tertiary alicyclic amines) is 1. The zero-order valence-corrected chi connectivity index (χ0v) is 15.5. The first-order chi connectivity index (χ1) is 12.0. The van der Waals surface area contributed by atoms with E-state index in [4.69, 9.17) is 0 Å². The molecule has 2 heterocycles. The van der Waals surface area contributed by atoms with Crippen LogP contribution < -0.4 is 0 Å². The summed E-state index contributed by atoms with van der Waals surface area (Å²) in [5.74, 6) is 0.0500. The van der Waals surface area contributed by atoms with Gasteiger partial charge in [0, 0.05) is 24.7 Å². The SMILES string of the molecule is Cc1ncc(CN(C)C(=O)C2CCCN2C(=O)Cc2ccccc2)s1. The molecule has 0 aliphatic carbocycles. The van der Waals surface area contributed by atoms with Gasteiger partial charge in [-0.15, -0.1) is 11.3 Å². The van der Waals surface area contributed by atoms with Crippen molar-refractivity contribution in [2.45, 2.75) is 38.8 Å². The maximum Gasteiger partial charge on any atom is 0.245 e. The second-order valence-electron chi connectivity index (χ2n) is 6.45. The largest absolute Gasteiger partial charge is 0.339 e. The predicted molar refractivity (Wildman–Crippen MR) is 98.2 cm³/mol. The van der Waals surface area contributed by atoms with Gasteiger partial charge in [0.05, 0.1) is 18.0 Å². The Morgan fingerprint density at radius 2 is 2.08 bits per heavy atom. The molecule has 1 aromatic heterocycles. The van der Waals surface area contributed by atoms with Crippen molar-refractivity contribution in [1.29, 1.82) is 0 Å². The zero-order chi connectivity index (χ0) is 17.8. The number of benzene rings is 1. The van der Waals surface area contributed by atoms with Crippen molar-refractivity contribution in [3.63, 3.8) is 0 Å². The van der Waals surface area contributed by atoms with Crippen LogP contribution >= 0.6 is 11.3 Å². The third-order valence-corrected chi connectivity index (χ3v) is 5.39. The molecule has 1 unspecified atom stereocenters. The van der Waals surface area contributed by atoms with Crippen LogP contribution in [0.25, 0.3) is 0 Å². The van der Waals surface area contributed by atoms with E-state index in [1.54, 1.807) is 28.2 Å². The smallest absolute Gasteiger partial charge is 0.245 e. The number of carbonyl (C=O) groups excluding carboxylic acids is 2. The van der Waals surface area contributed by atoms with Crippen LogP contribution in [0.15, 0.2) is 36.5 Å². The first-order valence-electron chi connectivity index (χ1n) is 8.54. The minimum atomic E-state index is -0.338. The molecule has 2 amide bonds. The highest BCUT2D eigenvalue weighted by Gasteiger charge is 2.35. The summed E-state index contributed by atoms with van der Waals surface area (Å²) in [4.78, 5) is 34.3. The summed E-state index contributed by atoms with van der Waals surface area (Å²) >= 11 is 1.60. The summed E-state index contributed by atoms with van der Waals surface area (Å²) in [5, 5.41) is 0.997. The maximum atomic E-state index is 12.8. The van der Waals surface area contributed by atoms with Gasteiger partial charge in [0.2, 0.25) is 11.8 Å². The van der Waals surface area contributed by atoms with Crippen LogP contribution in [0, 0.1) is 6.92 Å². The molecule has 0 radical (unpaired) electrons. The standard InChI is InChI=1S/C19H23N3O2S/c1-14-20-12-16(25-14)13-21(2)19(24)17-9-6-10-22(17)18(23)11-15-7-4-3-5-8-15/h3-5,7-8,12,17H,6,9-11,13H2,1-2H3. The number of likely N-dealkylation sites (N-methyl/N-ethyl adjacent to an activating group) is 1. The molecule has 0 saturated carbocycles. The fraction of sp³-hybridized carbons (Fsp3) is 0.421. The van der Waals surface area contributed by atoms with E-state index in [2.05, 4.69) is 4.98 Å². The average Bonchev–Trinajstić information content (AvgIpc) is 3.24. The van der Waals surface area contributed by atoms with Gasteiger partial charge >= 0.3 is 0 Å². The Bertz CT molecular complexity index is 744. The lowest BCUT2D eigenvalue weighted by atomic mass is 10.1. The fourth-order valence-electron chi connectivity index (χ4n) is 3.24. The quantitative estimate of drug-likeness (QED) is 0.827. The molecule has 1 atom stereocenters. The molecule has 1 aromatic carbocycles. The molecule has 5 nitrogen and oxygen atoms in total. The van der Waals surface area contributed by atoms with Crippen LogP contribution in [-0.4, -0.2) is 46.2 Å². The summed E-state index contributed by atoms with van der Waals surface area (Å²) in [7, 11) is 1.80. The number of hydrogen-bond donors (Lipinski definition) is 0. The van der Waals surface area contributed by atoms with Crippen LogP contribution in [0.4, 0.5) is 0 Å². The summed E-state index contributed by atoms with van der Waals surface area (Å²) in [6, 6.07) is 9.36. The molecule has 0 bridgehead atoms. The second kappa shape index (κ2) is 7.78. The van der Waals surface area contributed by atoms with Gasteiger partial charge < -0.3 is 9.80 Å². The number of amides is 2. The van der Waals surface area contributed by atoms with E-state index in [1.807, 2.05) is 43.5 Å². The summed E-state index contributed by atoms with van der Waals surface area (Å²) < 4.78 is 0. The monoisotopic (exact) mass is 357 g/mol. The highest BCUT2D eigenvalue weighted by Crippen LogP contribution is 2.22. The number of carbonyl (C=O) groups is 2. The summed E-state index contributed by atoms with van der Waals surface area (Å²) in [5.41, 5.74) is 0.985. The molecule has 2 aromatic rings. The molecular weight excluding hydrogens is 334 g/mol. The first-order valence-corrected chi connectivity index (χ1v) is 9.36. The molecule has 0 N–H and O–H groups in total. The number of aromatic nitrogens is 1. The number of aryl methyl sites for hydroxylation is 1. The van der Waals surface area contributed by atoms with Crippen molar-refractivity contribution in [2.24, 2.45) is 0 Å². The lowest BCUT2D eigenvalue weighted by Crippen LogP contribution is -2.46. The van der Waals surface area contributed by atoms with Crippen molar-refractivity contribution >= 4 is 23.2 Å². The van der Waals surface area contributed by atoms with Crippen LogP contribution in [0.1, 0.15) is 28.3 Å². The fourth-order valence-corrected chi connectivity index (χ4v) is 4.09. The van der Waals surface area contributed by atoms with Crippen LogP contribution in [0.5, 0.6) is 0 Å². The van der Waals surface area contributed by atoms with Crippen LogP contribution in [-0.2, 0) is 22.6 Å². The van der Waals surface area contributed by atoms with Gasteiger partial charge in [0.1, 0.15) is 6.04 Å². The van der Waals surface area contributed by atoms with Gasteiger partial charge in [-0.3, -0.25) is 9.59 Å². The van der Waals surface area contributed by atoms with Crippen LogP contribution in [0.2, 0.25) is 0 Å². The highest BCUT2D eigenvalue weighted by atomic mass is 32.1. The lowest BCUT2D eigenvalue weighted by molar-refractivity contribution is -0.143. The average molecular weight is 357 g/mol. The number of rotatable bonds is 5. The summed E-state index contributed by atoms with van der Waals surface area (Å²) in [6.07, 6.45) is 3.79. The molecule has 1 saturated heterocycles. The Labute approximate surface area is 152 Å². The van der Waals surface area contributed by atoms with Gasteiger partial charge in [-0.1, -0.05) is 30.3 Å². The van der Waals surface area contributed by atoms with Crippen molar-refractivity contribution in [3.8, 4) is 0 Å².